The van der Waals surface area contributed by atoms with Crippen LogP contribution in [0.3, 0.4) is 0 Å². The molecule has 46 heavy (non-hydrogen) atoms. The molecule has 2 aromatic rings. The van der Waals surface area contributed by atoms with Crippen LogP contribution in [0.1, 0.15) is 84.9 Å². The molecule has 8 heteroatoms. The Kier molecular flexibility index (Phi) is 8.67. The van der Waals surface area contributed by atoms with Gasteiger partial charge in [-0.25, -0.2) is 4.39 Å². The van der Waals surface area contributed by atoms with Crippen LogP contribution in [0.15, 0.2) is 71.2 Å². The Hall–Kier alpha value is -3.68. The van der Waals surface area contributed by atoms with Crippen LogP contribution in [0.25, 0.3) is 0 Å². The third-order valence-corrected chi connectivity index (χ3v) is 9.65. The average Bonchev–Trinajstić information content (AvgIpc) is 3.31. The second-order valence-corrected chi connectivity index (χ2v) is 14.5. The number of Topliss-reactive ketones (excluding diaryl/α,β-unsaturated/α-hetero) is 1. The number of fused-ring (bicyclic) bond motifs is 2. The molecule has 2 aliphatic heterocycles. The SMILES string of the molecule is COC1=C(/C=C2/N(CCC(C)C)c3ccc(F)cc3C2(C)C)C(=O)/C1=C\C1=[N+](CCC(C)C)c2cccc(C(F)(F)F)c2C1(C)C. The first-order valence-corrected chi connectivity index (χ1v) is 16.1. The van der Waals surface area contributed by atoms with E-state index in [2.05, 4.69) is 32.6 Å². The van der Waals surface area contributed by atoms with Crippen LogP contribution in [0.2, 0.25) is 0 Å². The van der Waals surface area contributed by atoms with Gasteiger partial charge in [0.05, 0.1) is 34.8 Å². The fourth-order valence-corrected chi connectivity index (χ4v) is 7.07. The number of alkyl halides is 3. The van der Waals surface area contributed by atoms with Crippen molar-refractivity contribution >= 4 is 22.9 Å². The molecule has 0 N–H and O–H groups in total. The highest BCUT2D eigenvalue weighted by atomic mass is 19.4. The molecule has 2 heterocycles. The van der Waals surface area contributed by atoms with Crippen LogP contribution in [0, 0.1) is 17.7 Å². The minimum Gasteiger partial charge on any atom is -0.495 e. The smallest absolute Gasteiger partial charge is 0.416 e. The number of hydrogen-bond donors (Lipinski definition) is 0. The predicted octanol–water partition coefficient (Wildman–Crippen LogP) is 9.40. The number of halogens is 4. The molecule has 0 radical (unpaired) electrons. The molecule has 5 rings (SSSR count). The molecule has 0 atom stereocenters. The molecule has 2 aromatic carbocycles. The summed E-state index contributed by atoms with van der Waals surface area (Å²) in [6, 6.07) is 9.14. The zero-order valence-corrected chi connectivity index (χ0v) is 28.3. The maximum Gasteiger partial charge on any atom is 0.416 e. The lowest BCUT2D eigenvalue weighted by molar-refractivity contribution is -0.439. The van der Waals surface area contributed by atoms with Gasteiger partial charge in [0, 0.05) is 41.9 Å². The van der Waals surface area contributed by atoms with E-state index in [9.17, 15) is 22.4 Å². The van der Waals surface area contributed by atoms with Gasteiger partial charge in [0.25, 0.3) is 0 Å². The predicted molar refractivity (Wildman–Crippen MR) is 175 cm³/mol. The van der Waals surface area contributed by atoms with Crippen molar-refractivity contribution in [2.45, 2.75) is 85.2 Å². The van der Waals surface area contributed by atoms with Gasteiger partial charge in [-0.15, -0.1) is 0 Å². The number of ketones is 1. The fourth-order valence-electron chi connectivity index (χ4n) is 7.07. The van der Waals surface area contributed by atoms with Crippen LogP contribution in [0.4, 0.5) is 28.9 Å². The highest BCUT2D eigenvalue weighted by Gasteiger charge is 2.52. The number of carbonyl (C=O) groups excluding carboxylic acids is 1. The van der Waals surface area contributed by atoms with Gasteiger partial charge < -0.3 is 9.64 Å². The Balaban J connectivity index is 1.64. The molecule has 0 unspecified atom stereocenters. The fraction of sp³-hybridized carbons (Fsp3) is 0.474. The normalized spacial score (nSPS) is 20.4. The number of methoxy groups -OCH3 is 1. The first-order chi connectivity index (χ1) is 21.4. The van der Waals surface area contributed by atoms with E-state index in [0.29, 0.717) is 53.2 Å². The summed E-state index contributed by atoms with van der Waals surface area (Å²) in [5.74, 6) is 0.626. The number of allylic oxidation sites excluding steroid dienone is 5. The van der Waals surface area contributed by atoms with Crippen molar-refractivity contribution in [1.29, 1.82) is 0 Å². The van der Waals surface area contributed by atoms with Crippen LogP contribution in [-0.2, 0) is 26.5 Å². The quantitative estimate of drug-likeness (QED) is 0.156. The molecule has 3 aliphatic rings. The highest BCUT2D eigenvalue weighted by Crippen LogP contribution is 2.51. The number of carbonyl (C=O) groups is 1. The summed E-state index contributed by atoms with van der Waals surface area (Å²) >= 11 is 0. The Morgan fingerprint density at radius 3 is 2.24 bits per heavy atom. The Morgan fingerprint density at radius 1 is 0.957 bits per heavy atom. The van der Waals surface area contributed by atoms with Crippen LogP contribution < -0.4 is 4.90 Å². The van der Waals surface area contributed by atoms with Crippen molar-refractivity contribution in [3.63, 3.8) is 0 Å². The summed E-state index contributed by atoms with van der Waals surface area (Å²) in [7, 11) is 1.51. The van der Waals surface area contributed by atoms with Crippen molar-refractivity contribution in [2.24, 2.45) is 11.8 Å². The van der Waals surface area contributed by atoms with E-state index < -0.39 is 22.6 Å². The molecule has 4 nitrogen and oxygen atoms in total. The van der Waals surface area contributed by atoms with E-state index in [1.807, 2.05) is 24.5 Å². The molecule has 0 fully saturated rings. The minimum atomic E-state index is -4.52. The molecule has 0 saturated carbocycles. The molecule has 1 aliphatic carbocycles. The van der Waals surface area contributed by atoms with Crippen molar-refractivity contribution in [2.75, 3.05) is 25.1 Å². The number of benzene rings is 2. The zero-order valence-electron chi connectivity index (χ0n) is 28.3. The number of ether oxygens (including phenoxy) is 1. The van der Waals surface area contributed by atoms with E-state index in [1.54, 1.807) is 38.1 Å². The largest absolute Gasteiger partial charge is 0.495 e. The van der Waals surface area contributed by atoms with E-state index in [1.165, 1.54) is 19.2 Å². The molecule has 0 spiro atoms. The Labute approximate surface area is 270 Å². The highest BCUT2D eigenvalue weighted by molar-refractivity contribution is 6.24. The summed E-state index contributed by atoms with van der Waals surface area (Å²) in [6.07, 6.45) is 0.727. The van der Waals surface area contributed by atoms with Crippen LogP contribution in [0.5, 0.6) is 0 Å². The van der Waals surface area contributed by atoms with Gasteiger partial charge in [-0.2, -0.15) is 17.7 Å². The maximum absolute atomic E-state index is 14.4. The number of nitrogens with zero attached hydrogens (tertiary/aromatic N) is 2. The van der Waals surface area contributed by atoms with Crippen molar-refractivity contribution < 1.29 is 31.7 Å². The van der Waals surface area contributed by atoms with E-state index in [4.69, 9.17) is 4.74 Å². The van der Waals surface area contributed by atoms with Gasteiger partial charge >= 0.3 is 6.18 Å². The van der Waals surface area contributed by atoms with E-state index in [-0.39, 0.29) is 17.2 Å². The van der Waals surface area contributed by atoms with Gasteiger partial charge in [0.2, 0.25) is 11.5 Å². The second-order valence-electron chi connectivity index (χ2n) is 14.5. The van der Waals surface area contributed by atoms with Gasteiger partial charge in [-0.05, 0) is 68.0 Å². The van der Waals surface area contributed by atoms with Crippen LogP contribution >= 0.6 is 0 Å². The summed E-state index contributed by atoms with van der Waals surface area (Å²) in [4.78, 5) is 16.1. The molecular weight excluding hydrogens is 592 g/mol. The van der Waals surface area contributed by atoms with Crippen LogP contribution in [-0.4, -0.2) is 36.3 Å². The lowest BCUT2D eigenvalue weighted by atomic mass is 9.76. The summed E-state index contributed by atoms with van der Waals surface area (Å²) in [5.41, 5.74) is 2.49. The number of rotatable bonds is 9. The maximum atomic E-state index is 14.4. The molecule has 0 amide bonds. The number of hydrogen-bond acceptors (Lipinski definition) is 3. The monoisotopic (exact) mass is 637 g/mol. The first-order valence-electron chi connectivity index (χ1n) is 16.1. The molecule has 0 bridgehead atoms. The summed E-state index contributed by atoms with van der Waals surface area (Å²) < 4.78 is 65.0. The number of anilines is 1. The first kappa shape index (κ1) is 33.7. The topological polar surface area (TPSA) is 32.5 Å². The van der Waals surface area contributed by atoms with Crippen molar-refractivity contribution in [1.82, 2.24) is 0 Å². The summed E-state index contributed by atoms with van der Waals surface area (Å²) in [6.45, 7) is 17.3. The van der Waals surface area contributed by atoms with E-state index in [0.717, 1.165) is 35.9 Å². The third-order valence-electron chi connectivity index (χ3n) is 9.65. The Morgan fingerprint density at radius 2 is 1.63 bits per heavy atom. The lowest BCUT2D eigenvalue weighted by Crippen LogP contribution is -2.33. The summed E-state index contributed by atoms with van der Waals surface area (Å²) in [5, 5.41) is 0. The van der Waals surface area contributed by atoms with Gasteiger partial charge in [-0.3, -0.25) is 4.79 Å². The third kappa shape index (κ3) is 5.62. The van der Waals surface area contributed by atoms with Crippen molar-refractivity contribution in [3.05, 3.63) is 93.7 Å². The van der Waals surface area contributed by atoms with Gasteiger partial charge in [0.1, 0.15) is 18.1 Å². The molecule has 246 valence electrons. The molecule has 0 saturated heterocycles. The minimum absolute atomic E-state index is 0.216. The Bertz CT molecular complexity index is 1700. The van der Waals surface area contributed by atoms with E-state index >= 15 is 0 Å². The standard InChI is InChI=1S/C38H45F4N2O2/c1-22(2)15-17-43-29-14-13-24(39)19-28(29)36(5,6)31(43)20-25-34(45)26(35(25)46-9)21-32-37(7,8)33-27(38(40,41)42)11-10-12-30(33)44(32)18-16-23(3)4/h10-14,19-23H,15-18H2,1-9H3/q+1. The van der Waals surface area contributed by atoms with Gasteiger partial charge in [0.15, 0.2) is 5.71 Å². The lowest BCUT2D eigenvalue weighted by Gasteiger charge is -2.30. The van der Waals surface area contributed by atoms with Crippen molar-refractivity contribution in [3.8, 4) is 0 Å². The molecule has 0 aromatic heterocycles. The van der Waals surface area contributed by atoms with Gasteiger partial charge in [-0.1, -0.05) is 47.6 Å². The average molecular weight is 638 g/mol. The second kappa shape index (κ2) is 11.8. The zero-order chi connectivity index (χ0) is 33.9. The molecular formula is C38H45F4N2O2+.